The third-order valence-electron chi connectivity index (χ3n) is 3.26. The van der Waals surface area contributed by atoms with E-state index >= 15 is 0 Å². The van der Waals surface area contributed by atoms with Crippen LogP contribution in [-0.4, -0.2) is 11.9 Å². The van der Waals surface area contributed by atoms with Gasteiger partial charge in [-0.25, -0.2) is 4.39 Å². The minimum absolute atomic E-state index is 0.00553. The van der Waals surface area contributed by atoms with Crippen LogP contribution in [0.1, 0.15) is 24.8 Å². The fraction of sp³-hybridized carbons (Fsp3) is 0.222. The van der Waals surface area contributed by atoms with E-state index in [9.17, 15) is 14.0 Å². The van der Waals surface area contributed by atoms with Gasteiger partial charge in [0.25, 0.3) is 0 Å². The molecule has 2 aromatic rings. The molecule has 0 atom stereocenters. The van der Waals surface area contributed by atoms with Gasteiger partial charge in [0.1, 0.15) is 5.75 Å². The molecule has 0 bridgehead atoms. The van der Waals surface area contributed by atoms with E-state index in [0.717, 1.165) is 11.6 Å². The second kappa shape index (κ2) is 8.83. The van der Waals surface area contributed by atoms with Crippen molar-refractivity contribution in [1.82, 2.24) is 0 Å². The third-order valence-corrected chi connectivity index (χ3v) is 3.79. The SMILES string of the molecule is Cc1cc(Cl)ccc1OC(=O)CCCC(=O)Oc1c(F)cccc1Cl. The minimum Gasteiger partial charge on any atom is -0.426 e. The first kappa shape index (κ1) is 19.2. The number of esters is 2. The van der Waals surface area contributed by atoms with Crippen molar-refractivity contribution in [1.29, 1.82) is 0 Å². The lowest BCUT2D eigenvalue weighted by atomic mass is 10.2. The number of aryl methyl sites for hydroxylation is 1. The number of para-hydroxylation sites is 1. The first-order chi connectivity index (χ1) is 11.9. The van der Waals surface area contributed by atoms with Crippen LogP contribution in [-0.2, 0) is 9.59 Å². The fourth-order valence-electron chi connectivity index (χ4n) is 2.02. The van der Waals surface area contributed by atoms with Gasteiger partial charge < -0.3 is 9.47 Å². The number of halogens is 3. The number of benzene rings is 2. The summed E-state index contributed by atoms with van der Waals surface area (Å²) in [5, 5.41) is 0.554. The Kier molecular flexibility index (Phi) is 6.79. The molecule has 0 radical (unpaired) electrons. The standard InChI is InChI=1S/C18H15Cl2FO4/c1-11-10-12(19)8-9-15(11)24-16(22)6-3-7-17(23)25-18-13(20)4-2-5-14(18)21/h2,4-5,8-10H,3,6-7H2,1H3. The first-order valence-electron chi connectivity index (χ1n) is 7.48. The molecule has 0 amide bonds. The molecule has 0 fully saturated rings. The van der Waals surface area contributed by atoms with Gasteiger partial charge in [-0.3, -0.25) is 9.59 Å². The smallest absolute Gasteiger partial charge is 0.311 e. The van der Waals surface area contributed by atoms with E-state index in [0.29, 0.717) is 10.8 Å². The van der Waals surface area contributed by atoms with E-state index in [1.165, 1.54) is 12.1 Å². The molecule has 0 N–H and O–H groups in total. The highest BCUT2D eigenvalue weighted by Gasteiger charge is 2.14. The van der Waals surface area contributed by atoms with Crippen molar-refractivity contribution in [2.45, 2.75) is 26.2 Å². The Hall–Kier alpha value is -2.11. The summed E-state index contributed by atoms with van der Waals surface area (Å²) < 4.78 is 23.6. The predicted molar refractivity (Wildman–Crippen MR) is 92.7 cm³/mol. The van der Waals surface area contributed by atoms with Crippen molar-refractivity contribution in [2.75, 3.05) is 0 Å². The molecular weight excluding hydrogens is 370 g/mol. The zero-order valence-electron chi connectivity index (χ0n) is 13.4. The Bertz CT molecular complexity index is 772. The minimum atomic E-state index is -0.724. The molecule has 0 saturated heterocycles. The van der Waals surface area contributed by atoms with Crippen molar-refractivity contribution in [3.8, 4) is 11.5 Å². The summed E-state index contributed by atoms with van der Waals surface area (Å²) in [6.07, 6.45) is 0.151. The van der Waals surface area contributed by atoms with Gasteiger partial charge in [-0.05, 0) is 49.2 Å². The number of hydrogen-bond acceptors (Lipinski definition) is 4. The number of carbonyl (C=O) groups is 2. The largest absolute Gasteiger partial charge is 0.426 e. The molecule has 4 nitrogen and oxygen atoms in total. The van der Waals surface area contributed by atoms with Crippen LogP contribution in [0.25, 0.3) is 0 Å². The molecule has 0 heterocycles. The Balaban J connectivity index is 1.80. The first-order valence-corrected chi connectivity index (χ1v) is 8.24. The lowest BCUT2D eigenvalue weighted by Gasteiger charge is -2.08. The normalized spacial score (nSPS) is 10.4. The average molecular weight is 385 g/mol. The second-order valence-electron chi connectivity index (χ2n) is 5.26. The molecule has 7 heteroatoms. The maximum atomic E-state index is 13.5. The van der Waals surface area contributed by atoms with E-state index in [2.05, 4.69) is 0 Å². The topological polar surface area (TPSA) is 52.6 Å². The Labute approximate surface area is 154 Å². The zero-order valence-corrected chi connectivity index (χ0v) is 14.9. The molecule has 2 aromatic carbocycles. The average Bonchev–Trinajstić information content (AvgIpc) is 2.54. The fourth-order valence-corrected chi connectivity index (χ4v) is 2.45. The monoisotopic (exact) mass is 384 g/mol. The van der Waals surface area contributed by atoms with Crippen LogP contribution in [0.15, 0.2) is 36.4 Å². The van der Waals surface area contributed by atoms with Gasteiger partial charge >= 0.3 is 11.9 Å². The summed E-state index contributed by atoms with van der Waals surface area (Å²) in [5.41, 5.74) is 0.731. The van der Waals surface area contributed by atoms with Crippen molar-refractivity contribution >= 4 is 35.1 Å². The predicted octanol–water partition coefficient (Wildman–Crippen LogP) is 5.12. The van der Waals surface area contributed by atoms with E-state index in [-0.39, 0.29) is 30.0 Å². The van der Waals surface area contributed by atoms with Gasteiger partial charge in [-0.15, -0.1) is 0 Å². The van der Waals surface area contributed by atoms with E-state index < -0.39 is 17.8 Å². The van der Waals surface area contributed by atoms with Crippen molar-refractivity contribution in [2.24, 2.45) is 0 Å². The zero-order chi connectivity index (χ0) is 18.4. The Morgan fingerprint density at radius 1 is 1.04 bits per heavy atom. The van der Waals surface area contributed by atoms with Crippen molar-refractivity contribution < 1.29 is 23.5 Å². The Morgan fingerprint density at radius 2 is 1.72 bits per heavy atom. The second-order valence-corrected chi connectivity index (χ2v) is 6.11. The lowest BCUT2D eigenvalue weighted by molar-refractivity contribution is -0.136. The summed E-state index contributed by atoms with van der Waals surface area (Å²) in [7, 11) is 0. The van der Waals surface area contributed by atoms with Crippen LogP contribution >= 0.6 is 23.2 Å². The molecule has 0 unspecified atom stereocenters. The third kappa shape index (κ3) is 5.73. The molecule has 2 rings (SSSR count). The summed E-state index contributed by atoms with van der Waals surface area (Å²) in [6.45, 7) is 1.77. The van der Waals surface area contributed by atoms with E-state index in [4.69, 9.17) is 32.7 Å². The van der Waals surface area contributed by atoms with Gasteiger partial charge in [0.05, 0.1) is 5.02 Å². The summed E-state index contributed by atoms with van der Waals surface area (Å²) in [5.74, 6) is -1.79. The molecule has 132 valence electrons. The number of rotatable bonds is 6. The van der Waals surface area contributed by atoms with Gasteiger partial charge in [0, 0.05) is 17.9 Å². The van der Waals surface area contributed by atoms with Gasteiger partial charge in [-0.1, -0.05) is 29.3 Å². The van der Waals surface area contributed by atoms with Crippen LogP contribution in [0, 0.1) is 12.7 Å². The molecular formula is C18H15Cl2FO4. The van der Waals surface area contributed by atoms with Crippen LogP contribution in [0.4, 0.5) is 4.39 Å². The van der Waals surface area contributed by atoms with Crippen LogP contribution in [0.2, 0.25) is 10.0 Å². The molecule has 0 aromatic heterocycles. The van der Waals surface area contributed by atoms with Crippen LogP contribution in [0.5, 0.6) is 11.5 Å². The van der Waals surface area contributed by atoms with Gasteiger partial charge in [-0.2, -0.15) is 0 Å². The molecule has 25 heavy (non-hydrogen) atoms. The van der Waals surface area contributed by atoms with Crippen LogP contribution < -0.4 is 9.47 Å². The molecule has 0 saturated carbocycles. The van der Waals surface area contributed by atoms with Gasteiger partial charge in [0.2, 0.25) is 0 Å². The lowest BCUT2D eigenvalue weighted by Crippen LogP contribution is -2.12. The Morgan fingerprint density at radius 3 is 2.36 bits per heavy atom. The van der Waals surface area contributed by atoms with Crippen LogP contribution in [0.3, 0.4) is 0 Å². The maximum Gasteiger partial charge on any atom is 0.311 e. The highest BCUT2D eigenvalue weighted by molar-refractivity contribution is 6.32. The maximum absolute atomic E-state index is 13.5. The van der Waals surface area contributed by atoms with E-state index in [1.54, 1.807) is 25.1 Å². The summed E-state index contributed by atoms with van der Waals surface area (Å²) in [6, 6.07) is 8.86. The quantitative estimate of drug-likeness (QED) is 0.512. The summed E-state index contributed by atoms with van der Waals surface area (Å²) in [4.78, 5) is 23.5. The highest BCUT2D eigenvalue weighted by atomic mass is 35.5. The number of ether oxygens (including phenoxy) is 2. The number of hydrogen-bond donors (Lipinski definition) is 0. The van der Waals surface area contributed by atoms with Crippen molar-refractivity contribution in [3.05, 3.63) is 57.8 Å². The molecule has 0 aliphatic heterocycles. The number of carbonyl (C=O) groups excluding carboxylic acids is 2. The van der Waals surface area contributed by atoms with Crippen molar-refractivity contribution in [3.63, 3.8) is 0 Å². The summed E-state index contributed by atoms with van der Waals surface area (Å²) >= 11 is 11.6. The van der Waals surface area contributed by atoms with E-state index in [1.807, 2.05) is 0 Å². The van der Waals surface area contributed by atoms with Gasteiger partial charge in [0.15, 0.2) is 11.6 Å². The molecule has 0 aliphatic rings. The highest BCUT2D eigenvalue weighted by Crippen LogP contribution is 2.27. The molecule has 0 aliphatic carbocycles. The molecule has 0 spiro atoms.